The number of methoxy groups -OCH3 is 1. The first-order valence-corrected chi connectivity index (χ1v) is 8.77. The number of aromatic nitrogens is 2. The summed E-state index contributed by atoms with van der Waals surface area (Å²) >= 11 is 0. The Labute approximate surface area is 173 Å². The quantitative estimate of drug-likeness (QED) is 0.543. The Hall–Kier alpha value is -3.63. The van der Waals surface area contributed by atoms with Crippen molar-refractivity contribution in [3.63, 3.8) is 0 Å². The fourth-order valence-corrected chi connectivity index (χ4v) is 2.86. The zero-order valence-electron chi connectivity index (χ0n) is 16.2. The Bertz CT molecular complexity index is 1100. The Morgan fingerprint density at radius 1 is 1.10 bits per heavy atom. The number of carbonyl (C=O) groups is 1. The molecule has 3 aromatic rings. The molecular formula is C20H16F5N3O3. The maximum Gasteiger partial charge on any atom is 0.418 e. The SMILES string of the molecule is COc1cc(C(=O)Nc2cc(C)nn2-c2ccccc2C(F)(F)F)ccc1OC(F)F. The van der Waals surface area contributed by atoms with Crippen LogP contribution < -0.4 is 14.8 Å². The second-order valence-electron chi connectivity index (χ2n) is 6.30. The normalized spacial score (nSPS) is 11.5. The summed E-state index contributed by atoms with van der Waals surface area (Å²) in [6, 6.07) is 9.71. The van der Waals surface area contributed by atoms with Crippen LogP contribution in [0.2, 0.25) is 0 Å². The lowest BCUT2D eigenvalue weighted by Crippen LogP contribution is -2.17. The van der Waals surface area contributed by atoms with Gasteiger partial charge in [-0.25, -0.2) is 4.68 Å². The van der Waals surface area contributed by atoms with Crippen LogP contribution in [0.15, 0.2) is 48.5 Å². The molecular weight excluding hydrogens is 425 g/mol. The minimum atomic E-state index is -4.63. The summed E-state index contributed by atoms with van der Waals surface area (Å²) in [5.41, 5.74) is -0.820. The maximum atomic E-state index is 13.4. The van der Waals surface area contributed by atoms with Gasteiger partial charge in [-0.1, -0.05) is 12.1 Å². The summed E-state index contributed by atoms with van der Waals surface area (Å²) in [5, 5.41) is 6.54. The molecule has 3 rings (SSSR count). The van der Waals surface area contributed by atoms with Crippen molar-refractivity contribution in [3.8, 4) is 17.2 Å². The van der Waals surface area contributed by atoms with E-state index in [2.05, 4.69) is 15.2 Å². The number of halogens is 5. The van der Waals surface area contributed by atoms with E-state index >= 15 is 0 Å². The van der Waals surface area contributed by atoms with Crippen LogP contribution in [0.3, 0.4) is 0 Å². The number of benzene rings is 2. The molecule has 0 radical (unpaired) electrons. The number of nitrogens with one attached hydrogen (secondary N) is 1. The first-order chi connectivity index (χ1) is 14.6. The fraction of sp³-hybridized carbons (Fsp3) is 0.200. The van der Waals surface area contributed by atoms with E-state index in [-0.39, 0.29) is 28.6 Å². The van der Waals surface area contributed by atoms with E-state index in [1.165, 1.54) is 43.5 Å². The first kappa shape index (κ1) is 22.1. The highest BCUT2D eigenvalue weighted by Crippen LogP contribution is 2.35. The van der Waals surface area contributed by atoms with Crippen LogP contribution in [-0.2, 0) is 6.18 Å². The van der Waals surface area contributed by atoms with Crippen LogP contribution in [0.5, 0.6) is 11.5 Å². The third-order valence-corrected chi connectivity index (χ3v) is 4.15. The summed E-state index contributed by atoms with van der Waals surface area (Å²) in [6.07, 6.45) is -4.63. The van der Waals surface area contributed by atoms with Gasteiger partial charge in [-0.2, -0.15) is 27.1 Å². The van der Waals surface area contributed by atoms with Crippen LogP contribution in [-0.4, -0.2) is 29.4 Å². The Kier molecular flexibility index (Phi) is 6.14. The minimum Gasteiger partial charge on any atom is -0.493 e. The molecule has 1 amide bonds. The van der Waals surface area contributed by atoms with E-state index in [1.54, 1.807) is 6.92 Å². The highest BCUT2D eigenvalue weighted by Gasteiger charge is 2.34. The molecule has 0 atom stereocenters. The zero-order chi connectivity index (χ0) is 22.8. The lowest BCUT2D eigenvalue weighted by atomic mass is 10.1. The van der Waals surface area contributed by atoms with Gasteiger partial charge in [-0.15, -0.1) is 0 Å². The van der Waals surface area contributed by atoms with Gasteiger partial charge in [0, 0.05) is 11.6 Å². The molecule has 0 fully saturated rings. The minimum absolute atomic E-state index is 0.00739. The molecule has 1 heterocycles. The van der Waals surface area contributed by atoms with Gasteiger partial charge < -0.3 is 14.8 Å². The largest absolute Gasteiger partial charge is 0.493 e. The molecule has 0 spiro atoms. The molecule has 0 aliphatic rings. The van der Waals surface area contributed by atoms with Crippen LogP contribution in [0.25, 0.3) is 5.69 Å². The van der Waals surface area contributed by atoms with Crippen molar-refractivity contribution in [1.82, 2.24) is 9.78 Å². The van der Waals surface area contributed by atoms with Crippen molar-refractivity contribution in [2.45, 2.75) is 19.7 Å². The number of para-hydroxylation sites is 1. The second-order valence-corrected chi connectivity index (χ2v) is 6.30. The van der Waals surface area contributed by atoms with Crippen LogP contribution in [0.1, 0.15) is 21.6 Å². The van der Waals surface area contributed by atoms with Gasteiger partial charge in [0.2, 0.25) is 0 Å². The van der Waals surface area contributed by atoms with E-state index in [9.17, 15) is 26.7 Å². The lowest BCUT2D eigenvalue weighted by Gasteiger charge is -2.15. The van der Waals surface area contributed by atoms with Gasteiger partial charge >= 0.3 is 12.8 Å². The molecule has 0 saturated carbocycles. The highest BCUT2D eigenvalue weighted by molar-refractivity contribution is 6.04. The van der Waals surface area contributed by atoms with Gasteiger partial charge in [-0.05, 0) is 37.3 Å². The second kappa shape index (κ2) is 8.62. The average Bonchev–Trinajstić information content (AvgIpc) is 3.07. The van der Waals surface area contributed by atoms with E-state index in [0.717, 1.165) is 16.8 Å². The molecule has 31 heavy (non-hydrogen) atoms. The smallest absolute Gasteiger partial charge is 0.418 e. The molecule has 6 nitrogen and oxygen atoms in total. The van der Waals surface area contributed by atoms with E-state index in [1.807, 2.05) is 0 Å². The number of alkyl halides is 5. The maximum absolute atomic E-state index is 13.4. The number of nitrogens with zero attached hydrogens (tertiary/aromatic N) is 2. The lowest BCUT2D eigenvalue weighted by molar-refractivity contribution is -0.137. The number of hydrogen-bond donors (Lipinski definition) is 1. The van der Waals surface area contributed by atoms with Gasteiger partial charge in [0.05, 0.1) is 24.1 Å². The van der Waals surface area contributed by atoms with Crippen molar-refractivity contribution in [1.29, 1.82) is 0 Å². The monoisotopic (exact) mass is 441 g/mol. The van der Waals surface area contributed by atoms with E-state index in [0.29, 0.717) is 5.69 Å². The van der Waals surface area contributed by atoms with Crippen molar-refractivity contribution in [3.05, 3.63) is 65.4 Å². The van der Waals surface area contributed by atoms with Crippen LogP contribution in [0, 0.1) is 6.92 Å². The molecule has 0 saturated heterocycles. The van der Waals surface area contributed by atoms with Crippen molar-refractivity contribution in [2.75, 3.05) is 12.4 Å². The summed E-state index contributed by atoms with van der Waals surface area (Å²) in [5.74, 6) is -1.10. The summed E-state index contributed by atoms with van der Waals surface area (Å²) < 4.78 is 75.4. The molecule has 11 heteroatoms. The summed E-state index contributed by atoms with van der Waals surface area (Å²) in [6.45, 7) is -1.53. The average molecular weight is 441 g/mol. The Morgan fingerprint density at radius 3 is 2.45 bits per heavy atom. The van der Waals surface area contributed by atoms with Crippen LogP contribution in [0.4, 0.5) is 27.8 Å². The van der Waals surface area contributed by atoms with Gasteiger partial charge in [0.1, 0.15) is 5.82 Å². The number of amides is 1. The Morgan fingerprint density at radius 2 is 1.81 bits per heavy atom. The highest BCUT2D eigenvalue weighted by atomic mass is 19.4. The number of hydrogen-bond acceptors (Lipinski definition) is 4. The summed E-state index contributed by atoms with van der Waals surface area (Å²) in [7, 11) is 1.21. The van der Waals surface area contributed by atoms with Crippen LogP contribution >= 0.6 is 0 Å². The topological polar surface area (TPSA) is 65.4 Å². The molecule has 1 aromatic heterocycles. The predicted octanol–water partition coefficient (Wildman–Crippen LogP) is 5.06. The Balaban J connectivity index is 1.95. The molecule has 0 unspecified atom stereocenters. The first-order valence-electron chi connectivity index (χ1n) is 8.77. The number of carbonyl (C=O) groups excluding carboxylic acids is 1. The number of anilines is 1. The molecule has 0 bridgehead atoms. The molecule has 0 aliphatic carbocycles. The van der Waals surface area contributed by atoms with Gasteiger partial charge in [0.25, 0.3) is 5.91 Å². The van der Waals surface area contributed by atoms with Gasteiger partial charge in [0.15, 0.2) is 11.5 Å². The van der Waals surface area contributed by atoms with Crippen molar-refractivity contribution < 1.29 is 36.2 Å². The number of ether oxygens (including phenoxy) is 2. The fourth-order valence-electron chi connectivity index (χ4n) is 2.86. The van der Waals surface area contributed by atoms with Gasteiger partial charge in [-0.3, -0.25) is 4.79 Å². The molecule has 2 aromatic carbocycles. The third-order valence-electron chi connectivity index (χ3n) is 4.15. The third kappa shape index (κ3) is 4.93. The van der Waals surface area contributed by atoms with E-state index in [4.69, 9.17) is 4.74 Å². The van der Waals surface area contributed by atoms with Crippen molar-refractivity contribution >= 4 is 11.7 Å². The molecule has 0 aliphatic heterocycles. The van der Waals surface area contributed by atoms with E-state index < -0.39 is 24.3 Å². The number of aryl methyl sites for hydroxylation is 1. The standard InChI is InChI=1S/C20H16F5N3O3/c1-11-9-17(28(27-11)14-6-4-3-5-13(14)20(23,24)25)26-18(29)12-7-8-15(31-19(21)22)16(10-12)30-2/h3-10,19H,1-2H3,(H,26,29). The predicted molar refractivity (Wildman–Crippen MR) is 101 cm³/mol. The molecule has 164 valence electrons. The molecule has 1 N–H and O–H groups in total. The zero-order valence-corrected chi connectivity index (χ0v) is 16.2. The summed E-state index contributed by atoms with van der Waals surface area (Å²) in [4.78, 5) is 12.7. The van der Waals surface area contributed by atoms with Crippen molar-refractivity contribution in [2.24, 2.45) is 0 Å². The number of rotatable bonds is 6.